The largest absolute Gasteiger partial charge is 0.494 e. The third kappa shape index (κ3) is 16.4. The molecule has 0 fully saturated rings. The molecule has 3 heterocycles. The molecule has 5 aromatic rings. The molecule has 0 saturated heterocycles. The maximum atomic E-state index is 11.8. The van der Waals surface area contributed by atoms with Crippen LogP contribution in [0.15, 0.2) is 61.1 Å². The number of carbonyl (C=O) groups is 2. The number of thioether (sulfide) groups is 1. The Morgan fingerprint density at radius 2 is 1.16 bits per heavy atom. The first-order valence-electron chi connectivity index (χ1n) is 19.0. The molecule has 3 aromatic heterocycles. The lowest BCUT2D eigenvalue weighted by molar-refractivity contribution is 0.111. The van der Waals surface area contributed by atoms with Gasteiger partial charge in [0.1, 0.15) is 27.8 Å². The van der Waals surface area contributed by atoms with Gasteiger partial charge in [-0.2, -0.15) is 23.4 Å². The Morgan fingerprint density at radius 1 is 0.701 bits per heavy atom. The quantitative estimate of drug-likeness (QED) is 0.0295. The number of anilines is 6. The number of nitrogens with one attached hydrogen (secondary N) is 2. The molecular weight excluding hydrogens is 1000 g/mol. The average molecular weight is 1040 g/mol. The fourth-order valence-corrected chi connectivity index (χ4v) is 8.22. The van der Waals surface area contributed by atoms with E-state index in [-0.39, 0.29) is 39.0 Å². The van der Waals surface area contributed by atoms with Gasteiger partial charge in [0.25, 0.3) is 0 Å². The summed E-state index contributed by atoms with van der Waals surface area (Å²) in [5.41, 5.74) is 2.96. The maximum Gasteiger partial charge on any atom is 0.425 e. The number of ether oxygens (including phenoxy) is 2. The highest BCUT2D eigenvalue weighted by Gasteiger charge is 2.23. The summed E-state index contributed by atoms with van der Waals surface area (Å²) in [5, 5.41) is 23.4. The Hall–Kier alpha value is -6.45. The van der Waals surface area contributed by atoms with Crippen LogP contribution in [0, 0.1) is 0 Å². The third-order valence-corrected chi connectivity index (χ3v) is 11.6. The van der Waals surface area contributed by atoms with Crippen molar-refractivity contribution in [1.29, 1.82) is 0 Å². The van der Waals surface area contributed by atoms with Gasteiger partial charge in [-0.1, -0.05) is 41.4 Å². The summed E-state index contributed by atoms with van der Waals surface area (Å²) in [4.78, 5) is 49.1. The topological polar surface area (TPSA) is 354 Å². The summed E-state index contributed by atoms with van der Waals surface area (Å²) in [6.45, 7) is 12.7. The monoisotopic (exact) mass is 1040 g/mol. The lowest BCUT2D eigenvalue weighted by Crippen LogP contribution is -2.22. The minimum absolute atomic E-state index is 0.126. The van der Waals surface area contributed by atoms with Crippen LogP contribution in [0.25, 0.3) is 0 Å². The summed E-state index contributed by atoms with van der Waals surface area (Å²) >= 11 is 3.11. The highest BCUT2D eigenvalue weighted by atomic mass is 32.2. The minimum Gasteiger partial charge on any atom is -0.494 e. The van der Waals surface area contributed by atoms with E-state index in [0.29, 0.717) is 88.1 Å². The molecule has 32 heteroatoms. The van der Waals surface area contributed by atoms with Crippen molar-refractivity contribution in [2.75, 3.05) is 66.6 Å². The van der Waals surface area contributed by atoms with E-state index in [9.17, 15) is 22.6 Å². The molecule has 0 aliphatic carbocycles. The average Bonchev–Trinajstić information content (AvgIpc) is 3.94. The zero-order valence-corrected chi connectivity index (χ0v) is 41.2. The number of methoxy groups -OCH3 is 2. The Kier molecular flexibility index (Phi) is 21.8. The van der Waals surface area contributed by atoms with Gasteiger partial charge in [0.15, 0.2) is 17.7 Å². The number of carbonyl (C=O) groups excluding carboxylic acids is 2. The van der Waals surface area contributed by atoms with Gasteiger partial charge in [0.05, 0.1) is 48.0 Å². The Balaban J connectivity index is 0.00000137. The number of hydrogen-bond acceptors (Lipinski definition) is 28. The Bertz CT molecular complexity index is 2890. The summed E-state index contributed by atoms with van der Waals surface area (Å²) in [5.74, 6) is 1.95. The van der Waals surface area contributed by atoms with Crippen LogP contribution in [0.2, 0.25) is 0 Å². The predicted molar refractivity (Wildman–Crippen MR) is 248 cm³/mol. The molecule has 67 heavy (non-hydrogen) atoms. The molecule has 26 nitrogen and oxygen atoms in total. The molecule has 0 bridgehead atoms. The van der Waals surface area contributed by atoms with Crippen LogP contribution in [0.1, 0.15) is 54.0 Å². The normalized spacial score (nSPS) is 10.9. The fraction of sp³-hybridized carbons (Fsp3) is 0.343. The van der Waals surface area contributed by atoms with Crippen molar-refractivity contribution < 1.29 is 57.3 Å². The van der Waals surface area contributed by atoms with E-state index in [2.05, 4.69) is 60.8 Å². The van der Waals surface area contributed by atoms with Crippen LogP contribution in [0.5, 0.6) is 11.5 Å². The third-order valence-electron chi connectivity index (χ3n) is 8.26. The standard InChI is InChI=1S/C35H41N13O7S4.2O3S/c1-8-47(9-2)25-13-21(23(15-27(25)54-6)43-45-33-36-17-20(18-49)57-33)37-31-40-32(42-34(41-31)56-12-5)38-22-14-26(48(10-3)11-4)28(55-7)16-24(22)44-46-35-39-30(59(51,52)53)29(19-50)58-35;2*1-4(2)3/h13-19H,8-12H2,1-7H3,(H,51,52,53)(H2,37,38,40,41,42);;. The molecule has 3 N–H and O–H groups in total. The second kappa shape index (κ2) is 26.6. The number of azo groups is 2. The second-order valence-electron chi connectivity index (χ2n) is 12.1. The lowest BCUT2D eigenvalue weighted by Gasteiger charge is -2.25. The van der Waals surface area contributed by atoms with Crippen LogP contribution in [0.4, 0.5) is 56.3 Å². The molecule has 0 saturated carbocycles. The molecular formula is C35H41N13O13S6. The number of benzene rings is 2. The van der Waals surface area contributed by atoms with Gasteiger partial charge >= 0.3 is 31.3 Å². The van der Waals surface area contributed by atoms with Crippen molar-refractivity contribution in [3.63, 3.8) is 0 Å². The Labute approximate surface area is 398 Å². The molecule has 0 amide bonds. The van der Waals surface area contributed by atoms with Gasteiger partial charge in [-0.05, 0) is 45.6 Å². The zero-order chi connectivity index (χ0) is 49.8. The van der Waals surface area contributed by atoms with Gasteiger partial charge in [-0.25, -0.2) is 9.97 Å². The van der Waals surface area contributed by atoms with Crippen LogP contribution >= 0.6 is 34.4 Å². The van der Waals surface area contributed by atoms with Gasteiger partial charge in [0.2, 0.25) is 27.2 Å². The maximum absolute atomic E-state index is 11.8. The van der Waals surface area contributed by atoms with Crippen LogP contribution in [-0.4, -0.2) is 122 Å². The number of nitrogens with zero attached hydrogens (tertiary/aromatic N) is 11. The van der Waals surface area contributed by atoms with Crippen molar-refractivity contribution in [3.05, 3.63) is 40.2 Å². The number of rotatable bonds is 21. The van der Waals surface area contributed by atoms with E-state index in [4.69, 9.17) is 39.7 Å². The molecule has 360 valence electrons. The molecule has 0 unspecified atom stereocenters. The molecule has 2 aromatic carbocycles. The zero-order valence-electron chi connectivity index (χ0n) is 36.3. The Morgan fingerprint density at radius 3 is 1.52 bits per heavy atom. The van der Waals surface area contributed by atoms with Gasteiger partial charge in [-0.3, -0.25) is 14.1 Å². The van der Waals surface area contributed by atoms with E-state index < -0.39 is 36.4 Å². The van der Waals surface area contributed by atoms with Crippen molar-refractivity contribution in [2.24, 2.45) is 20.5 Å². The highest BCUT2D eigenvalue weighted by molar-refractivity contribution is 7.99. The van der Waals surface area contributed by atoms with Crippen LogP contribution in [0.3, 0.4) is 0 Å². The van der Waals surface area contributed by atoms with E-state index >= 15 is 0 Å². The number of hydrogen-bond donors (Lipinski definition) is 3. The van der Waals surface area contributed by atoms with Crippen molar-refractivity contribution in [3.8, 4) is 11.5 Å². The second-order valence-corrected chi connectivity index (χ2v) is 17.5. The number of thiazole rings is 2. The fourth-order valence-electron chi connectivity index (χ4n) is 5.51. The first-order chi connectivity index (χ1) is 31.9. The SMILES string of the molecule is CCSc1nc(Nc2cc(N(CC)CC)c(OC)cc2N=Nc2ncc(C=O)s2)nc(Nc2cc(N(CC)CC)c(OC)cc2N=Nc2nc(S(=O)(=O)O)c(C=O)s2)n1.O=S(=O)=O.O=S(=O)=O. The number of aromatic nitrogens is 5. The summed E-state index contributed by atoms with van der Waals surface area (Å²) < 4.78 is 95.4. The molecule has 5 rings (SSSR count). The highest BCUT2D eigenvalue weighted by Crippen LogP contribution is 2.43. The van der Waals surface area contributed by atoms with Crippen molar-refractivity contribution in [1.82, 2.24) is 24.9 Å². The number of aldehydes is 2. The predicted octanol–water partition coefficient (Wildman–Crippen LogP) is 6.79. The smallest absolute Gasteiger partial charge is 0.425 e. The van der Waals surface area contributed by atoms with E-state index in [1.807, 2.05) is 40.7 Å². The molecule has 0 radical (unpaired) electrons. The van der Waals surface area contributed by atoms with Gasteiger partial charge < -0.3 is 29.9 Å². The first kappa shape index (κ1) is 54.9. The van der Waals surface area contributed by atoms with Crippen molar-refractivity contribution in [2.45, 2.75) is 44.8 Å². The summed E-state index contributed by atoms with van der Waals surface area (Å²) in [6, 6.07) is 7.02. The minimum atomic E-state index is -4.79. The van der Waals surface area contributed by atoms with Crippen LogP contribution < -0.4 is 29.9 Å². The van der Waals surface area contributed by atoms with E-state index in [0.717, 1.165) is 22.7 Å². The van der Waals surface area contributed by atoms with Crippen molar-refractivity contribution >= 4 is 135 Å². The van der Waals surface area contributed by atoms with Gasteiger partial charge in [0, 0.05) is 38.3 Å². The molecule has 0 aliphatic heterocycles. The summed E-state index contributed by atoms with van der Waals surface area (Å²) in [7, 11) is -7.93. The first-order valence-corrected chi connectivity index (χ1v) is 25.0. The van der Waals surface area contributed by atoms with Gasteiger partial charge in [-0.15, -0.1) is 45.7 Å². The molecule has 0 atom stereocenters. The molecule has 0 aliphatic rings. The van der Waals surface area contributed by atoms with Crippen LogP contribution in [-0.2, 0) is 31.3 Å². The van der Waals surface area contributed by atoms with E-state index in [1.54, 1.807) is 25.3 Å². The molecule has 0 spiro atoms. The lowest BCUT2D eigenvalue weighted by atomic mass is 10.2. The summed E-state index contributed by atoms with van der Waals surface area (Å²) in [6.07, 6.45) is 2.38. The van der Waals surface area contributed by atoms with E-state index in [1.165, 1.54) is 25.1 Å².